The standard InChI is InChI=1S/C9H3Cl3O2S/c10-3-1-4-6(12)8(9(13)14)15-7(4)5(11)2-3/h1-2H,(H,13,14). The second-order valence-electron chi connectivity index (χ2n) is 2.81. The summed E-state index contributed by atoms with van der Waals surface area (Å²) in [6.45, 7) is 0. The number of hydrogen-bond donors (Lipinski definition) is 1. The van der Waals surface area contributed by atoms with Gasteiger partial charge in [-0.3, -0.25) is 0 Å². The first-order chi connectivity index (χ1) is 7.00. The van der Waals surface area contributed by atoms with Gasteiger partial charge in [-0.1, -0.05) is 34.8 Å². The van der Waals surface area contributed by atoms with Crippen molar-refractivity contribution in [2.24, 2.45) is 0 Å². The van der Waals surface area contributed by atoms with Gasteiger partial charge in [0, 0.05) is 10.4 Å². The first-order valence-electron chi connectivity index (χ1n) is 3.81. The van der Waals surface area contributed by atoms with Crippen molar-refractivity contribution in [2.75, 3.05) is 0 Å². The molecule has 6 heteroatoms. The van der Waals surface area contributed by atoms with Gasteiger partial charge in [0.2, 0.25) is 0 Å². The second kappa shape index (κ2) is 3.83. The molecule has 0 saturated carbocycles. The monoisotopic (exact) mass is 280 g/mol. The zero-order valence-corrected chi connectivity index (χ0v) is 10.1. The van der Waals surface area contributed by atoms with Gasteiger partial charge in [0.1, 0.15) is 4.88 Å². The molecule has 1 heterocycles. The Morgan fingerprint density at radius 1 is 1.27 bits per heavy atom. The van der Waals surface area contributed by atoms with E-state index in [1.807, 2.05) is 0 Å². The van der Waals surface area contributed by atoms with Crippen molar-refractivity contribution in [1.82, 2.24) is 0 Å². The summed E-state index contributed by atoms with van der Waals surface area (Å²) in [6, 6.07) is 3.16. The molecule has 2 rings (SSSR count). The van der Waals surface area contributed by atoms with Crippen LogP contribution in [-0.2, 0) is 0 Å². The molecule has 0 radical (unpaired) electrons. The van der Waals surface area contributed by atoms with Gasteiger partial charge in [0.25, 0.3) is 0 Å². The highest BCUT2D eigenvalue weighted by Gasteiger charge is 2.18. The third-order valence-corrected chi connectivity index (χ3v) is 4.20. The Morgan fingerprint density at radius 3 is 2.53 bits per heavy atom. The lowest BCUT2D eigenvalue weighted by atomic mass is 10.2. The number of halogens is 3. The van der Waals surface area contributed by atoms with E-state index in [1.54, 1.807) is 12.1 Å². The van der Waals surface area contributed by atoms with Crippen LogP contribution in [-0.4, -0.2) is 11.1 Å². The average Bonchev–Trinajstić information content (AvgIpc) is 2.44. The molecule has 1 aromatic heterocycles. The van der Waals surface area contributed by atoms with Gasteiger partial charge in [-0.05, 0) is 12.1 Å². The minimum atomic E-state index is -1.06. The van der Waals surface area contributed by atoms with Crippen LogP contribution in [0.5, 0.6) is 0 Å². The summed E-state index contributed by atoms with van der Waals surface area (Å²) in [5, 5.41) is 10.5. The number of hydrogen-bond acceptors (Lipinski definition) is 2. The van der Waals surface area contributed by atoms with Crippen molar-refractivity contribution in [3.05, 3.63) is 32.1 Å². The van der Waals surface area contributed by atoms with E-state index in [4.69, 9.17) is 39.9 Å². The molecule has 0 amide bonds. The predicted molar refractivity (Wildman–Crippen MR) is 63.8 cm³/mol. The summed E-state index contributed by atoms with van der Waals surface area (Å²) in [6.07, 6.45) is 0. The summed E-state index contributed by atoms with van der Waals surface area (Å²) < 4.78 is 0.642. The van der Waals surface area contributed by atoms with Gasteiger partial charge in [-0.2, -0.15) is 0 Å². The topological polar surface area (TPSA) is 37.3 Å². The lowest BCUT2D eigenvalue weighted by molar-refractivity contribution is 0.0702. The van der Waals surface area contributed by atoms with Crippen LogP contribution in [0, 0.1) is 0 Å². The molecule has 78 valence electrons. The number of carboxylic acids is 1. The molecule has 1 aromatic carbocycles. The molecular formula is C9H3Cl3O2S. The van der Waals surface area contributed by atoms with E-state index in [2.05, 4.69) is 0 Å². The molecule has 0 unspecified atom stereocenters. The minimum Gasteiger partial charge on any atom is -0.477 e. The fourth-order valence-electron chi connectivity index (χ4n) is 1.23. The van der Waals surface area contributed by atoms with E-state index < -0.39 is 5.97 Å². The van der Waals surface area contributed by atoms with Crippen LogP contribution < -0.4 is 0 Å². The number of carboxylic acid groups (broad SMARTS) is 1. The Hall–Kier alpha value is -0.480. The average molecular weight is 282 g/mol. The summed E-state index contributed by atoms with van der Waals surface area (Å²) in [7, 11) is 0. The van der Waals surface area contributed by atoms with Crippen molar-refractivity contribution in [2.45, 2.75) is 0 Å². The van der Waals surface area contributed by atoms with Gasteiger partial charge in [-0.25, -0.2) is 4.79 Å². The number of fused-ring (bicyclic) bond motifs is 1. The van der Waals surface area contributed by atoms with Crippen molar-refractivity contribution in [1.29, 1.82) is 0 Å². The first-order valence-corrected chi connectivity index (χ1v) is 5.76. The van der Waals surface area contributed by atoms with Gasteiger partial charge in [-0.15, -0.1) is 11.3 Å². The molecule has 0 bridgehead atoms. The molecule has 0 atom stereocenters. The Labute approximate surface area is 104 Å². The van der Waals surface area contributed by atoms with Crippen molar-refractivity contribution in [3.63, 3.8) is 0 Å². The zero-order valence-electron chi connectivity index (χ0n) is 7.05. The zero-order chi connectivity index (χ0) is 11.2. The molecule has 15 heavy (non-hydrogen) atoms. The van der Waals surface area contributed by atoms with E-state index >= 15 is 0 Å². The number of thiophene rings is 1. The van der Waals surface area contributed by atoms with E-state index in [0.717, 1.165) is 11.3 Å². The lowest BCUT2D eigenvalue weighted by Crippen LogP contribution is -1.91. The predicted octanol–water partition coefficient (Wildman–Crippen LogP) is 4.56. The number of carbonyl (C=O) groups is 1. The Balaban J connectivity index is 2.88. The van der Waals surface area contributed by atoms with Crippen LogP contribution in [0.15, 0.2) is 12.1 Å². The fourth-order valence-corrected chi connectivity index (χ4v) is 3.16. The molecule has 1 N–H and O–H groups in total. The Morgan fingerprint density at radius 2 is 1.93 bits per heavy atom. The smallest absolute Gasteiger partial charge is 0.347 e. The van der Waals surface area contributed by atoms with Crippen LogP contribution in [0.2, 0.25) is 15.1 Å². The quantitative estimate of drug-likeness (QED) is 0.832. The highest BCUT2D eigenvalue weighted by molar-refractivity contribution is 7.22. The van der Waals surface area contributed by atoms with E-state index in [1.165, 1.54) is 0 Å². The third-order valence-electron chi connectivity index (χ3n) is 1.84. The molecule has 0 aliphatic carbocycles. The van der Waals surface area contributed by atoms with Crippen molar-refractivity contribution < 1.29 is 9.90 Å². The van der Waals surface area contributed by atoms with Gasteiger partial charge in [0.15, 0.2) is 0 Å². The minimum absolute atomic E-state index is 0.0795. The molecule has 2 nitrogen and oxygen atoms in total. The maximum atomic E-state index is 10.8. The fraction of sp³-hybridized carbons (Fsp3) is 0. The molecule has 0 aliphatic rings. The van der Waals surface area contributed by atoms with Crippen LogP contribution in [0.3, 0.4) is 0 Å². The van der Waals surface area contributed by atoms with Crippen LogP contribution in [0.25, 0.3) is 10.1 Å². The Bertz CT molecular complexity index is 562. The van der Waals surface area contributed by atoms with Gasteiger partial charge >= 0.3 is 5.97 Å². The van der Waals surface area contributed by atoms with Crippen molar-refractivity contribution >= 4 is 62.2 Å². The highest BCUT2D eigenvalue weighted by atomic mass is 35.5. The molecule has 0 fully saturated rings. The summed E-state index contributed by atoms with van der Waals surface area (Å²) >= 11 is 18.7. The molecular weight excluding hydrogens is 279 g/mol. The van der Waals surface area contributed by atoms with Gasteiger partial charge in [0.05, 0.1) is 14.7 Å². The molecule has 2 aromatic rings. The third kappa shape index (κ3) is 1.81. The molecule has 0 aliphatic heterocycles. The number of aromatic carboxylic acids is 1. The highest BCUT2D eigenvalue weighted by Crippen LogP contribution is 2.40. The summed E-state index contributed by atoms with van der Waals surface area (Å²) in [4.78, 5) is 10.9. The van der Waals surface area contributed by atoms with Crippen LogP contribution in [0.4, 0.5) is 0 Å². The summed E-state index contributed by atoms with van der Waals surface area (Å²) in [5.74, 6) is -1.06. The van der Waals surface area contributed by atoms with Crippen LogP contribution >= 0.6 is 46.1 Å². The van der Waals surface area contributed by atoms with Gasteiger partial charge < -0.3 is 5.11 Å². The number of rotatable bonds is 1. The van der Waals surface area contributed by atoms with E-state index in [9.17, 15) is 4.79 Å². The number of benzene rings is 1. The molecule has 0 spiro atoms. The lowest BCUT2D eigenvalue weighted by Gasteiger charge is -1.94. The van der Waals surface area contributed by atoms with E-state index in [0.29, 0.717) is 20.1 Å². The normalized spacial score (nSPS) is 10.9. The molecule has 0 saturated heterocycles. The van der Waals surface area contributed by atoms with E-state index in [-0.39, 0.29) is 9.90 Å². The summed E-state index contributed by atoms with van der Waals surface area (Å²) in [5.41, 5.74) is 0. The van der Waals surface area contributed by atoms with Crippen LogP contribution in [0.1, 0.15) is 9.67 Å². The first kappa shape index (κ1) is 11.0. The Kier molecular flexibility index (Phi) is 2.81. The largest absolute Gasteiger partial charge is 0.477 e. The second-order valence-corrected chi connectivity index (χ2v) is 5.06. The maximum absolute atomic E-state index is 10.8. The maximum Gasteiger partial charge on any atom is 0.347 e. The van der Waals surface area contributed by atoms with Crippen molar-refractivity contribution in [3.8, 4) is 0 Å². The SMILES string of the molecule is O=C(O)c1sc2c(Cl)cc(Cl)cc2c1Cl.